The summed E-state index contributed by atoms with van der Waals surface area (Å²) in [6.07, 6.45) is -4.65. The van der Waals surface area contributed by atoms with Crippen molar-refractivity contribution in [2.75, 3.05) is 11.9 Å². The molecule has 0 saturated heterocycles. The SMILES string of the molecule is O=C(O)CCNc1cc(C(F)(F)F)ncc1[N+](=O)[O-]. The van der Waals surface area contributed by atoms with Crippen LogP contribution >= 0.6 is 0 Å². The van der Waals surface area contributed by atoms with Gasteiger partial charge in [0.15, 0.2) is 0 Å². The summed E-state index contributed by atoms with van der Waals surface area (Å²) in [6.45, 7) is -0.239. The number of rotatable bonds is 5. The van der Waals surface area contributed by atoms with E-state index in [9.17, 15) is 28.1 Å². The van der Waals surface area contributed by atoms with Crippen molar-refractivity contribution in [2.45, 2.75) is 12.6 Å². The number of carboxylic acids is 1. The number of nitrogens with one attached hydrogen (secondary N) is 1. The molecule has 10 heteroatoms. The van der Waals surface area contributed by atoms with E-state index in [4.69, 9.17) is 5.11 Å². The number of pyridine rings is 1. The molecule has 0 aliphatic carbocycles. The first kappa shape index (κ1) is 14.7. The van der Waals surface area contributed by atoms with Gasteiger partial charge in [0, 0.05) is 6.54 Å². The molecule has 19 heavy (non-hydrogen) atoms. The monoisotopic (exact) mass is 279 g/mol. The van der Waals surface area contributed by atoms with Gasteiger partial charge < -0.3 is 10.4 Å². The minimum absolute atomic E-state index is 0.239. The Hall–Kier alpha value is -2.39. The van der Waals surface area contributed by atoms with E-state index in [1.165, 1.54) is 0 Å². The van der Waals surface area contributed by atoms with Gasteiger partial charge in [-0.3, -0.25) is 14.9 Å². The standard InChI is InChI=1S/C9H8F3N3O4/c10-9(11,12)7-3-5(13-2-1-8(16)17)6(4-14-7)15(18)19/h3-4H,1-2H2,(H,13,14)(H,16,17). The van der Waals surface area contributed by atoms with Gasteiger partial charge >= 0.3 is 17.8 Å². The number of carboxylic acid groups (broad SMARTS) is 1. The molecule has 1 aromatic heterocycles. The van der Waals surface area contributed by atoms with Crippen LogP contribution < -0.4 is 5.32 Å². The lowest BCUT2D eigenvalue weighted by Crippen LogP contribution is -2.12. The molecule has 0 atom stereocenters. The third-order valence-corrected chi connectivity index (χ3v) is 2.02. The van der Waals surface area contributed by atoms with Gasteiger partial charge in [0.05, 0.1) is 11.3 Å². The lowest BCUT2D eigenvalue weighted by Gasteiger charge is -2.09. The van der Waals surface area contributed by atoms with Gasteiger partial charge in [-0.05, 0) is 6.07 Å². The molecule has 0 aliphatic rings. The number of nitro groups is 1. The van der Waals surface area contributed by atoms with Crippen LogP contribution in [0.5, 0.6) is 0 Å². The topological polar surface area (TPSA) is 105 Å². The van der Waals surface area contributed by atoms with Crippen molar-refractivity contribution >= 4 is 17.3 Å². The number of carbonyl (C=O) groups is 1. The fraction of sp³-hybridized carbons (Fsp3) is 0.333. The number of hydrogen-bond donors (Lipinski definition) is 2. The molecular weight excluding hydrogens is 271 g/mol. The number of aliphatic carboxylic acids is 1. The van der Waals surface area contributed by atoms with Crippen molar-refractivity contribution in [1.29, 1.82) is 0 Å². The zero-order valence-corrected chi connectivity index (χ0v) is 9.27. The van der Waals surface area contributed by atoms with E-state index in [0.717, 1.165) is 0 Å². The van der Waals surface area contributed by atoms with Crippen molar-refractivity contribution < 1.29 is 28.0 Å². The second kappa shape index (κ2) is 5.50. The smallest absolute Gasteiger partial charge is 0.433 e. The third-order valence-electron chi connectivity index (χ3n) is 2.02. The summed E-state index contributed by atoms with van der Waals surface area (Å²) in [5, 5.41) is 21.3. The van der Waals surface area contributed by atoms with E-state index in [1.54, 1.807) is 0 Å². The number of anilines is 1. The summed E-state index contributed by atoms with van der Waals surface area (Å²) in [5.74, 6) is -1.18. The van der Waals surface area contributed by atoms with E-state index in [2.05, 4.69) is 10.3 Å². The lowest BCUT2D eigenvalue weighted by molar-refractivity contribution is -0.384. The highest BCUT2D eigenvalue weighted by atomic mass is 19.4. The molecule has 0 fully saturated rings. The van der Waals surface area contributed by atoms with Gasteiger partial charge in [0.25, 0.3) is 0 Å². The second-order valence-corrected chi connectivity index (χ2v) is 3.41. The van der Waals surface area contributed by atoms with Gasteiger partial charge in [0.1, 0.15) is 17.6 Å². The predicted molar refractivity (Wildman–Crippen MR) is 56.6 cm³/mol. The molecule has 0 radical (unpaired) electrons. The molecular formula is C9H8F3N3O4. The molecule has 1 aromatic rings. The molecule has 1 heterocycles. The van der Waals surface area contributed by atoms with E-state index in [-0.39, 0.29) is 13.0 Å². The Labute approximate surface area is 104 Å². The first-order valence-electron chi connectivity index (χ1n) is 4.89. The lowest BCUT2D eigenvalue weighted by atomic mass is 10.2. The van der Waals surface area contributed by atoms with Crippen LogP contribution in [0.2, 0.25) is 0 Å². The zero-order chi connectivity index (χ0) is 14.6. The van der Waals surface area contributed by atoms with Crippen LogP contribution in [-0.2, 0) is 11.0 Å². The fourth-order valence-corrected chi connectivity index (χ4v) is 1.19. The third kappa shape index (κ3) is 4.08. The number of halogens is 3. The molecule has 7 nitrogen and oxygen atoms in total. The minimum Gasteiger partial charge on any atom is -0.481 e. The number of hydrogen-bond acceptors (Lipinski definition) is 5. The van der Waals surface area contributed by atoms with Crippen LogP contribution in [0.15, 0.2) is 12.3 Å². The van der Waals surface area contributed by atoms with Crippen molar-refractivity contribution in [3.63, 3.8) is 0 Å². The molecule has 0 spiro atoms. The molecule has 1 rings (SSSR count). The Morgan fingerprint density at radius 1 is 1.53 bits per heavy atom. The molecule has 0 bridgehead atoms. The van der Waals surface area contributed by atoms with Gasteiger partial charge in [-0.15, -0.1) is 0 Å². The van der Waals surface area contributed by atoms with E-state index < -0.39 is 34.1 Å². The zero-order valence-electron chi connectivity index (χ0n) is 9.27. The minimum atomic E-state index is -4.74. The van der Waals surface area contributed by atoms with Gasteiger partial charge in [-0.2, -0.15) is 13.2 Å². The largest absolute Gasteiger partial charge is 0.481 e. The number of aromatic nitrogens is 1. The quantitative estimate of drug-likeness (QED) is 0.629. The van der Waals surface area contributed by atoms with Crippen LogP contribution in [-0.4, -0.2) is 27.5 Å². The molecule has 104 valence electrons. The number of nitrogens with zero attached hydrogens (tertiary/aromatic N) is 2. The molecule has 0 saturated carbocycles. The van der Waals surface area contributed by atoms with Crippen LogP contribution in [0.4, 0.5) is 24.5 Å². The van der Waals surface area contributed by atoms with Crippen molar-refractivity contribution in [1.82, 2.24) is 4.98 Å². The molecule has 0 aromatic carbocycles. The second-order valence-electron chi connectivity index (χ2n) is 3.41. The average Bonchev–Trinajstić information content (AvgIpc) is 2.26. The highest BCUT2D eigenvalue weighted by Crippen LogP contribution is 2.32. The molecule has 0 unspecified atom stereocenters. The highest BCUT2D eigenvalue weighted by Gasteiger charge is 2.34. The first-order valence-corrected chi connectivity index (χ1v) is 4.89. The summed E-state index contributed by atoms with van der Waals surface area (Å²) < 4.78 is 37.2. The highest BCUT2D eigenvalue weighted by molar-refractivity contribution is 5.68. The van der Waals surface area contributed by atoms with Crippen molar-refractivity contribution in [3.05, 3.63) is 28.1 Å². The summed E-state index contributed by atoms with van der Waals surface area (Å²) in [6, 6.07) is 0.472. The summed E-state index contributed by atoms with van der Waals surface area (Å²) in [4.78, 5) is 22.9. The van der Waals surface area contributed by atoms with Crippen LogP contribution in [0.1, 0.15) is 12.1 Å². The Morgan fingerprint density at radius 3 is 2.63 bits per heavy atom. The Balaban J connectivity index is 3.02. The van der Waals surface area contributed by atoms with Crippen LogP contribution in [0, 0.1) is 10.1 Å². The van der Waals surface area contributed by atoms with E-state index >= 15 is 0 Å². The summed E-state index contributed by atoms with van der Waals surface area (Å²) in [7, 11) is 0. The Bertz CT molecular complexity index is 504. The van der Waals surface area contributed by atoms with Crippen molar-refractivity contribution in [2.24, 2.45) is 0 Å². The first-order chi connectivity index (χ1) is 8.71. The van der Waals surface area contributed by atoms with Crippen molar-refractivity contribution in [3.8, 4) is 0 Å². The van der Waals surface area contributed by atoms with Gasteiger partial charge in [0.2, 0.25) is 0 Å². The Morgan fingerprint density at radius 2 is 2.16 bits per heavy atom. The maximum atomic E-state index is 12.4. The van der Waals surface area contributed by atoms with Gasteiger partial charge in [-0.1, -0.05) is 0 Å². The predicted octanol–water partition coefficient (Wildman–Crippen LogP) is 1.90. The van der Waals surface area contributed by atoms with E-state index in [0.29, 0.717) is 12.3 Å². The summed E-state index contributed by atoms with van der Waals surface area (Å²) >= 11 is 0. The number of alkyl halides is 3. The van der Waals surface area contributed by atoms with E-state index in [1.807, 2.05) is 0 Å². The Kier molecular flexibility index (Phi) is 4.25. The molecule has 0 amide bonds. The fourth-order valence-electron chi connectivity index (χ4n) is 1.19. The normalized spacial score (nSPS) is 11.1. The average molecular weight is 279 g/mol. The summed E-state index contributed by atoms with van der Waals surface area (Å²) in [5.41, 5.74) is -2.37. The maximum Gasteiger partial charge on any atom is 0.433 e. The van der Waals surface area contributed by atoms with Crippen LogP contribution in [0.3, 0.4) is 0 Å². The van der Waals surface area contributed by atoms with Crippen LogP contribution in [0.25, 0.3) is 0 Å². The molecule has 2 N–H and O–H groups in total. The van der Waals surface area contributed by atoms with Gasteiger partial charge in [-0.25, -0.2) is 4.98 Å². The maximum absolute atomic E-state index is 12.4. The molecule has 0 aliphatic heterocycles.